The van der Waals surface area contributed by atoms with E-state index >= 15 is 0 Å². The van der Waals surface area contributed by atoms with E-state index in [-0.39, 0.29) is 0 Å². The van der Waals surface area contributed by atoms with E-state index in [1.54, 1.807) is 30.7 Å². The maximum Gasteiger partial charge on any atom is 0.569 e. The molecule has 0 bridgehead atoms. The summed E-state index contributed by atoms with van der Waals surface area (Å²) >= 11 is 16.4. The summed E-state index contributed by atoms with van der Waals surface area (Å²) in [4.78, 5) is 15.3. The van der Waals surface area contributed by atoms with Gasteiger partial charge >= 0.3 is 7.69 Å². The van der Waals surface area contributed by atoms with Gasteiger partial charge in [0.15, 0.2) is 7.66 Å². The number of rotatable bonds is 17. The number of aromatic nitrogens is 6. The van der Waals surface area contributed by atoms with Gasteiger partial charge in [0, 0.05) is 95.7 Å². The van der Waals surface area contributed by atoms with Crippen LogP contribution >= 0.6 is 88.6 Å². The molecule has 0 amide bonds. The molecule has 0 aliphatic heterocycles. The fraction of sp³-hybridized carbons (Fsp3) is 0.462. The maximum absolute atomic E-state index is 8.25. The van der Waals surface area contributed by atoms with Crippen LogP contribution < -0.4 is 4.65 Å². The van der Waals surface area contributed by atoms with Crippen molar-refractivity contribution in [3.05, 3.63) is 102 Å². The van der Waals surface area contributed by atoms with Crippen molar-refractivity contribution in [2.75, 3.05) is 25.9 Å². The van der Waals surface area contributed by atoms with Crippen molar-refractivity contribution in [1.82, 2.24) is 29.1 Å². The van der Waals surface area contributed by atoms with Gasteiger partial charge in [-0.25, -0.2) is 15.0 Å². The number of hydrogen-bond acceptors (Lipinski definition) is 8. The average Bonchev–Trinajstić information content (AvgIpc) is 3.92. The van der Waals surface area contributed by atoms with Crippen LogP contribution in [0.5, 0.6) is 5.75 Å². The van der Waals surface area contributed by atoms with E-state index < -0.39 is 24.2 Å². The van der Waals surface area contributed by atoms with E-state index in [4.69, 9.17) is 30.8 Å². The summed E-state index contributed by atoms with van der Waals surface area (Å²) < 4.78 is 29.0. The first-order valence-corrected chi connectivity index (χ1v) is 34.4. The minimum Gasteiger partial charge on any atom is -0.537 e. The van der Waals surface area contributed by atoms with E-state index in [1.807, 2.05) is 52.0 Å². The van der Waals surface area contributed by atoms with Crippen LogP contribution in [0.3, 0.4) is 0 Å². The average molecular weight is 1240 g/mol. The molecule has 0 unspecified atom stereocenters. The summed E-state index contributed by atoms with van der Waals surface area (Å²) in [6.07, 6.45) is 11.0. The third-order valence-electron chi connectivity index (χ3n) is 7.44. The van der Waals surface area contributed by atoms with Crippen LogP contribution in [0.1, 0.15) is 0 Å². The van der Waals surface area contributed by atoms with Gasteiger partial charge in [0.25, 0.3) is 0 Å². The Hall–Kier alpha value is -0.864. The van der Waals surface area contributed by atoms with E-state index in [1.165, 1.54) is 18.1 Å². The largest absolute Gasteiger partial charge is 0.569 e. The van der Waals surface area contributed by atoms with Crippen molar-refractivity contribution < 1.29 is 23.9 Å². The maximum atomic E-state index is 8.25. The lowest BCUT2D eigenvalue weighted by Crippen LogP contribution is -2.22. The highest BCUT2D eigenvalue weighted by Crippen LogP contribution is 2.22. The van der Waals surface area contributed by atoms with Crippen LogP contribution in [0.15, 0.2) is 94.7 Å². The number of ether oxygens (including phenoxy) is 3. The van der Waals surface area contributed by atoms with Crippen molar-refractivity contribution in [3.63, 3.8) is 0 Å². The molecule has 11 nitrogen and oxygen atoms in total. The fourth-order valence-corrected chi connectivity index (χ4v) is 8.03. The van der Waals surface area contributed by atoms with Crippen molar-refractivity contribution >= 4 is 121 Å². The molecular weight excluding hydrogens is 1180 g/mol. The van der Waals surface area contributed by atoms with Crippen molar-refractivity contribution in [2.24, 2.45) is 0 Å². The first-order valence-electron chi connectivity index (χ1n) is 19.0. The summed E-state index contributed by atoms with van der Waals surface area (Å²) in [5.74, 6) is 1.55. The van der Waals surface area contributed by atoms with Crippen LogP contribution in [0.25, 0.3) is 11.4 Å². The molecule has 327 valence electrons. The first-order chi connectivity index (χ1) is 27.7. The Morgan fingerprint density at radius 2 is 1.24 bits per heavy atom. The first kappa shape index (κ1) is 56.2. The second kappa shape index (κ2) is 31.1. The molecule has 0 aliphatic rings. The fourth-order valence-electron chi connectivity index (χ4n) is 4.07. The molecule has 2 aromatic carbocycles. The second-order valence-electron chi connectivity index (χ2n) is 16.5. The summed E-state index contributed by atoms with van der Waals surface area (Å²) in [6, 6.07) is 19.3. The lowest BCUT2D eigenvalue weighted by atomic mass is 10.2. The zero-order valence-corrected chi connectivity index (χ0v) is 47.0. The molecule has 59 heavy (non-hydrogen) atoms. The highest BCUT2D eigenvalue weighted by molar-refractivity contribution is 14.1. The lowest BCUT2D eigenvalue weighted by molar-refractivity contribution is 0.0854. The van der Waals surface area contributed by atoms with Crippen LogP contribution in [0.4, 0.5) is 0 Å². The molecule has 0 spiro atoms. The molecule has 0 atom stereocenters. The monoisotopic (exact) mass is 1240 g/mol. The predicted molar refractivity (Wildman–Crippen MR) is 277 cm³/mol. The van der Waals surface area contributed by atoms with Gasteiger partial charge in [-0.1, -0.05) is 121 Å². The number of hydrogen-bond donors (Lipinski definition) is 2. The molecule has 3 heterocycles. The Morgan fingerprint density at radius 3 is 1.68 bits per heavy atom. The van der Waals surface area contributed by atoms with Crippen molar-refractivity contribution in [2.45, 2.75) is 90.5 Å². The molecule has 20 heteroatoms. The lowest BCUT2D eigenvalue weighted by Gasteiger charge is -2.16. The zero-order chi connectivity index (χ0) is 44.3. The Labute approximate surface area is 405 Å². The Balaban J connectivity index is 0.000000391. The van der Waals surface area contributed by atoms with E-state index in [0.29, 0.717) is 33.0 Å². The standard InChI is InChI=1S/C15H21BrN2OSi.C9H17IN2OSi.C6H5BBrO2.C6H15ClOSi.C3H3IN2/c1-20(2,3)10-9-19-12-18-8-7-17-15(18)13-5-4-6-14(16)11-13;1-14(2,3)7-6-13-8-12-5-4-11-9(12)10;8-5-2-1-3-6(4-5)10-7-9;1-9(2,3)5-4-8-6-7;4-3-5-1-2-6-3/h4-8,11H,9-10,12H2,1-3H3;4-5H,6-8H2,1-3H3;1-4,9H;4-6H2,1-3H3;1-2H,(H,5,6). The number of nitrogens with zero attached hydrogens (tertiary/aromatic N) is 5. The number of H-pyrrole nitrogens is 1. The molecule has 0 aliphatic carbocycles. The Morgan fingerprint density at radius 1 is 0.712 bits per heavy atom. The summed E-state index contributed by atoms with van der Waals surface area (Å²) in [5.41, 5.74) is 1.10. The van der Waals surface area contributed by atoms with Gasteiger partial charge in [0.05, 0.1) is 0 Å². The van der Waals surface area contributed by atoms with E-state index in [2.05, 4.69) is 173 Å². The van der Waals surface area contributed by atoms with Crippen LogP contribution in [0.2, 0.25) is 77.1 Å². The number of aromatic amines is 1. The number of imidazole rings is 3. The summed E-state index contributed by atoms with van der Waals surface area (Å²) in [7, 11) is -2.19. The number of benzene rings is 2. The predicted octanol–water partition coefficient (Wildman–Crippen LogP) is 12.3. The van der Waals surface area contributed by atoms with Crippen molar-refractivity contribution in [3.8, 4) is 17.1 Å². The normalized spacial score (nSPS) is 11.1. The highest BCUT2D eigenvalue weighted by Gasteiger charge is 2.14. The Bertz CT molecular complexity index is 1810. The second-order valence-corrected chi connectivity index (χ2v) is 37.4. The molecule has 5 rings (SSSR count). The molecule has 5 aromatic rings. The quantitative estimate of drug-likeness (QED) is 0.0409. The van der Waals surface area contributed by atoms with E-state index in [9.17, 15) is 0 Å². The van der Waals surface area contributed by atoms with Gasteiger partial charge < -0.3 is 38.0 Å². The molecule has 3 aromatic heterocycles. The van der Waals surface area contributed by atoms with Crippen LogP contribution in [-0.2, 0) is 27.7 Å². The van der Waals surface area contributed by atoms with Gasteiger partial charge in [-0.15, -0.1) is 0 Å². The third kappa shape index (κ3) is 30.8. The van der Waals surface area contributed by atoms with Gasteiger partial charge in [0.1, 0.15) is 31.1 Å². The number of nitrogens with one attached hydrogen (secondary N) is 1. The minimum absolute atomic E-state index is 0.338. The van der Waals surface area contributed by atoms with Gasteiger partial charge in [-0.05, 0) is 93.6 Å². The van der Waals surface area contributed by atoms with Gasteiger partial charge in [0.2, 0.25) is 0 Å². The van der Waals surface area contributed by atoms with Crippen LogP contribution in [0, 0.1) is 7.66 Å². The number of alkyl halides is 1. The SMILES string of the molecule is C[Si](C)(C)CCOCCl.C[Si](C)(C)CCOCn1ccnc1-c1cccc(Br)c1.C[Si](C)(C)CCOCn1ccnc1I.Ic1ncc[nH]1.O[B]Oc1cccc(Br)c1. The molecule has 0 saturated carbocycles. The topological polar surface area (TPSA) is 121 Å². The smallest absolute Gasteiger partial charge is 0.537 e. The van der Waals surface area contributed by atoms with Gasteiger partial charge in [-0.3, -0.25) is 0 Å². The van der Waals surface area contributed by atoms with Crippen LogP contribution in [-0.4, -0.2) is 91.9 Å². The molecule has 2 N–H and O–H groups in total. The van der Waals surface area contributed by atoms with Crippen molar-refractivity contribution in [1.29, 1.82) is 0 Å². The van der Waals surface area contributed by atoms with E-state index in [0.717, 1.165) is 47.8 Å². The molecule has 1 radical (unpaired) electrons. The summed E-state index contributed by atoms with van der Waals surface area (Å²) in [6.45, 7) is 24.8. The summed E-state index contributed by atoms with van der Waals surface area (Å²) in [5, 5.41) is 8.25. The number of halogens is 5. The molecular formula is C39H61BBr2ClI2N6O5Si3. The highest BCUT2D eigenvalue weighted by atomic mass is 127. The zero-order valence-electron chi connectivity index (χ0n) is 35.7. The van der Waals surface area contributed by atoms with Gasteiger partial charge in [-0.2, -0.15) is 0 Å². The molecule has 0 fully saturated rings. The Kier molecular flexibility index (Phi) is 29.6. The third-order valence-corrected chi connectivity index (χ3v) is 15.2. The minimum atomic E-state index is -1.02. The molecule has 0 saturated heterocycles.